The van der Waals surface area contributed by atoms with Gasteiger partial charge in [-0.15, -0.1) is 0 Å². The maximum Gasteiger partial charge on any atom is 0.347 e. The minimum atomic E-state index is -1.02. The topological polar surface area (TPSA) is 70.5 Å². The molecule has 0 atom stereocenters. The Bertz CT molecular complexity index is 361. The number of nitrogens with zero attached hydrogens (tertiary/aromatic N) is 2. The molecule has 0 aliphatic rings. The number of carbonyl (C=O) groups is 2. The maximum absolute atomic E-state index is 11.1. The van der Waals surface area contributed by atoms with Crippen LogP contribution < -0.4 is 4.90 Å². The largest absolute Gasteiger partial charge is 0.477 e. The molecule has 0 saturated heterocycles. The first kappa shape index (κ1) is 10.6. The van der Waals surface area contributed by atoms with Crippen LogP contribution >= 0.6 is 11.3 Å². The van der Waals surface area contributed by atoms with Crippen LogP contribution in [0.2, 0.25) is 0 Å². The Morgan fingerprint density at radius 2 is 2.29 bits per heavy atom. The second-order valence-electron chi connectivity index (χ2n) is 2.58. The molecule has 1 aromatic heterocycles. The predicted molar refractivity (Wildman–Crippen MR) is 52.8 cm³/mol. The number of anilines is 1. The molecule has 76 valence electrons. The molecule has 14 heavy (non-hydrogen) atoms. The summed E-state index contributed by atoms with van der Waals surface area (Å²) in [5, 5.41) is 9.09. The third kappa shape index (κ3) is 2.08. The first-order chi connectivity index (χ1) is 6.56. The minimum absolute atomic E-state index is 0.139. The number of hydrogen-bond donors (Lipinski definition) is 1. The van der Waals surface area contributed by atoms with Crippen LogP contribution in [0.15, 0.2) is 6.20 Å². The molecule has 0 saturated carbocycles. The predicted octanol–water partition coefficient (Wildman–Crippen LogP) is 1.21. The highest BCUT2D eigenvalue weighted by molar-refractivity contribution is 7.17. The van der Waals surface area contributed by atoms with Crippen LogP contribution in [0, 0.1) is 0 Å². The maximum atomic E-state index is 11.1. The molecule has 1 rings (SSSR count). The van der Waals surface area contributed by atoms with Gasteiger partial charge in [0, 0.05) is 13.5 Å². The van der Waals surface area contributed by atoms with Crippen molar-refractivity contribution in [2.45, 2.75) is 13.8 Å². The van der Waals surface area contributed by atoms with Gasteiger partial charge in [-0.3, -0.25) is 9.69 Å². The van der Waals surface area contributed by atoms with E-state index in [2.05, 4.69) is 4.98 Å². The molecule has 0 spiro atoms. The summed E-state index contributed by atoms with van der Waals surface area (Å²) in [6.45, 7) is 3.72. The fourth-order valence-corrected chi connectivity index (χ4v) is 1.84. The van der Waals surface area contributed by atoms with Crippen molar-refractivity contribution in [1.82, 2.24) is 4.98 Å². The number of carboxylic acid groups (broad SMARTS) is 1. The normalized spacial score (nSPS) is 9.86. The van der Waals surface area contributed by atoms with E-state index in [4.69, 9.17) is 5.11 Å². The van der Waals surface area contributed by atoms with Crippen molar-refractivity contribution in [3.8, 4) is 0 Å². The number of thiazole rings is 1. The van der Waals surface area contributed by atoms with Gasteiger partial charge in [-0.1, -0.05) is 11.3 Å². The van der Waals surface area contributed by atoms with E-state index in [9.17, 15) is 9.59 Å². The van der Waals surface area contributed by atoms with E-state index in [1.54, 1.807) is 0 Å². The summed E-state index contributed by atoms with van der Waals surface area (Å²) < 4.78 is 0. The summed E-state index contributed by atoms with van der Waals surface area (Å²) in [5.74, 6) is -1.16. The zero-order valence-corrected chi connectivity index (χ0v) is 8.67. The summed E-state index contributed by atoms with van der Waals surface area (Å²) in [4.78, 5) is 27.1. The third-order valence-electron chi connectivity index (χ3n) is 1.63. The van der Waals surface area contributed by atoms with Crippen LogP contribution in [0.4, 0.5) is 5.13 Å². The summed E-state index contributed by atoms with van der Waals surface area (Å²) in [6.07, 6.45) is 1.26. The van der Waals surface area contributed by atoms with E-state index in [1.807, 2.05) is 6.92 Å². The summed E-state index contributed by atoms with van der Waals surface area (Å²) in [7, 11) is 0. The zero-order chi connectivity index (χ0) is 10.7. The van der Waals surface area contributed by atoms with Crippen LogP contribution in [0.3, 0.4) is 0 Å². The fourth-order valence-electron chi connectivity index (χ4n) is 0.981. The lowest BCUT2D eigenvalue weighted by molar-refractivity contribution is -0.116. The van der Waals surface area contributed by atoms with Gasteiger partial charge < -0.3 is 5.11 Å². The van der Waals surface area contributed by atoms with Crippen molar-refractivity contribution in [2.75, 3.05) is 11.4 Å². The lowest BCUT2D eigenvalue weighted by Crippen LogP contribution is -2.27. The molecule has 1 aromatic rings. The quantitative estimate of drug-likeness (QED) is 0.821. The Morgan fingerprint density at radius 3 is 2.64 bits per heavy atom. The Morgan fingerprint density at radius 1 is 1.64 bits per heavy atom. The summed E-state index contributed by atoms with van der Waals surface area (Å²) >= 11 is 0.996. The highest BCUT2D eigenvalue weighted by Crippen LogP contribution is 2.22. The van der Waals surface area contributed by atoms with Crippen molar-refractivity contribution in [2.24, 2.45) is 0 Å². The van der Waals surface area contributed by atoms with Gasteiger partial charge in [0.15, 0.2) is 5.13 Å². The Balaban J connectivity index is 2.95. The summed E-state index contributed by atoms with van der Waals surface area (Å²) in [6, 6.07) is 0. The van der Waals surface area contributed by atoms with E-state index < -0.39 is 5.97 Å². The number of amides is 1. The Labute approximate surface area is 85.0 Å². The molecule has 0 unspecified atom stereocenters. The first-order valence-corrected chi connectivity index (χ1v) is 4.85. The minimum Gasteiger partial charge on any atom is -0.477 e. The van der Waals surface area contributed by atoms with Crippen molar-refractivity contribution < 1.29 is 14.7 Å². The molecule has 0 bridgehead atoms. The fraction of sp³-hybridized carbons (Fsp3) is 0.375. The van der Waals surface area contributed by atoms with Crippen LogP contribution in [-0.4, -0.2) is 28.5 Å². The molecular formula is C8H10N2O3S. The standard InChI is InChI=1S/C8H10N2O3S/c1-3-10(5(2)11)8-9-4-6(14-8)7(12)13/h4H,3H2,1-2H3,(H,12,13). The van der Waals surface area contributed by atoms with Crippen LogP contribution in [0.25, 0.3) is 0 Å². The smallest absolute Gasteiger partial charge is 0.347 e. The van der Waals surface area contributed by atoms with Gasteiger partial charge in [-0.25, -0.2) is 9.78 Å². The van der Waals surface area contributed by atoms with Crippen molar-refractivity contribution in [3.63, 3.8) is 0 Å². The molecule has 0 aliphatic carbocycles. The number of aromatic carboxylic acids is 1. The number of carbonyl (C=O) groups excluding carboxylic acids is 1. The van der Waals surface area contributed by atoms with Crippen LogP contribution in [0.1, 0.15) is 23.5 Å². The molecule has 0 aromatic carbocycles. The van der Waals surface area contributed by atoms with Crippen LogP contribution in [0.5, 0.6) is 0 Å². The van der Waals surface area contributed by atoms with Crippen LogP contribution in [-0.2, 0) is 4.79 Å². The molecule has 6 heteroatoms. The van der Waals surface area contributed by atoms with Gasteiger partial charge in [0.05, 0.1) is 6.20 Å². The third-order valence-corrected chi connectivity index (χ3v) is 2.64. The van der Waals surface area contributed by atoms with Gasteiger partial charge in [0.2, 0.25) is 5.91 Å². The second-order valence-corrected chi connectivity index (χ2v) is 3.58. The summed E-state index contributed by atoms with van der Waals surface area (Å²) in [5.41, 5.74) is 0. The van der Waals surface area contributed by atoms with Gasteiger partial charge >= 0.3 is 5.97 Å². The molecule has 1 N–H and O–H groups in total. The van der Waals surface area contributed by atoms with E-state index in [-0.39, 0.29) is 10.8 Å². The Hall–Kier alpha value is -1.43. The molecular weight excluding hydrogens is 204 g/mol. The first-order valence-electron chi connectivity index (χ1n) is 4.03. The molecule has 0 aliphatic heterocycles. The van der Waals surface area contributed by atoms with E-state index in [0.717, 1.165) is 11.3 Å². The van der Waals surface area contributed by atoms with E-state index in [1.165, 1.54) is 18.0 Å². The number of hydrogen-bond acceptors (Lipinski definition) is 4. The lowest BCUT2D eigenvalue weighted by Gasteiger charge is -2.14. The van der Waals surface area contributed by atoms with Crippen molar-refractivity contribution in [3.05, 3.63) is 11.1 Å². The highest BCUT2D eigenvalue weighted by Gasteiger charge is 2.15. The monoisotopic (exact) mass is 214 g/mol. The molecule has 0 radical (unpaired) electrons. The van der Waals surface area contributed by atoms with Gasteiger partial charge in [0.25, 0.3) is 0 Å². The number of rotatable bonds is 3. The molecule has 1 amide bonds. The zero-order valence-electron chi connectivity index (χ0n) is 7.85. The average Bonchev–Trinajstić information content (AvgIpc) is 2.53. The molecule has 0 fully saturated rings. The Kier molecular flexibility index (Phi) is 3.19. The van der Waals surface area contributed by atoms with E-state index >= 15 is 0 Å². The SMILES string of the molecule is CCN(C(C)=O)c1ncc(C(=O)O)s1. The number of aromatic nitrogens is 1. The molecule has 1 heterocycles. The van der Waals surface area contributed by atoms with Crippen molar-refractivity contribution >= 4 is 28.3 Å². The van der Waals surface area contributed by atoms with Gasteiger partial charge in [-0.05, 0) is 6.92 Å². The second kappa shape index (κ2) is 4.19. The van der Waals surface area contributed by atoms with Crippen molar-refractivity contribution in [1.29, 1.82) is 0 Å². The highest BCUT2D eigenvalue weighted by atomic mass is 32.1. The number of carboxylic acids is 1. The van der Waals surface area contributed by atoms with Gasteiger partial charge in [0.1, 0.15) is 4.88 Å². The van der Waals surface area contributed by atoms with E-state index in [0.29, 0.717) is 11.7 Å². The van der Waals surface area contributed by atoms with Gasteiger partial charge in [-0.2, -0.15) is 0 Å². The average molecular weight is 214 g/mol. The molecule has 5 nitrogen and oxygen atoms in total. The lowest BCUT2D eigenvalue weighted by atomic mass is 10.5.